The number of hydrogen-bond donors (Lipinski definition) is 1. The van der Waals surface area contributed by atoms with Gasteiger partial charge in [0.15, 0.2) is 0 Å². The molecule has 1 saturated carbocycles. The molecule has 8 heteroatoms. The number of halogens is 3. The molecule has 0 spiro atoms. The van der Waals surface area contributed by atoms with Crippen molar-refractivity contribution in [2.75, 3.05) is 13.1 Å². The van der Waals surface area contributed by atoms with E-state index in [0.717, 1.165) is 52.2 Å². The number of nitrogens with zero attached hydrogens (tertiary/aromatic N) is 2. The van der Waals surface area contributed by atoms with Crippen molar-refractivity contribution in [1.82, 2.24) is 14.8 Å². The lowest BCUT2D eigenvalue weighted by Crippen LogP contribution is -2.44. The topological polar surface area (TPSA) is 56.4 Å². The van der Waals surface area contributed by atoms with Crippen LogP contribution in [0.5, 0.6) is 0 Å². The summed E-state index contributed by atoms with van der Waals surface area (Å²) in [7, 11) is 0. The Labute approximate surface area is 241 Å². The first kappa shape index (κ1) is 27.6. The largest absolute Gasteiger partial charge is 0.416 e. The minimum absolute atomic E-state index is 0.0121. The number of fused-ring (bicyclic) bond motifs is 2. The second kappa shape index (κ2) is 11.4. The first-order chi connectivity index (χ1) is 20.3. The van der Waals surface area contributed by atoms with Gasteiger partial charge >= 0.3 is 6.18 Å². The van der Waals surface area contributed by atoms with Crippen LogP contribution in [0.4, 0.5) is 13.2 Å². The lowest BCUT2D eigenvalue weighted by molar-refractivity contribution is -0.137. The van der Waals surface area contributed by atoms with Gasteiger partial charge in [-0.05, 0) is 65.4 Å². The van der Waals surface area contributed by atoms with Crippen molar-refractivity contribution in [3.8, 4) is 0 Å². The molecule has 1 aliphatic carbocycles. The molecule has 1 aromatic heterocycles. The third-order valence-electron chi connectivity index (χ3n) is 7.91. The van der Waals surface area contributed by atoms with Crippen LogP contribution in [0.1, 0.15) is 39.9 Å². The van der Waals surface area contributed by atoms with Gasteiger partial charge in [0.1, 0.15) is 6.54 Å². The maximum absolute atomic E-state index is 13.9. The third kappa shape index (κ3) is 5.88. The quantitative estimate of drug-likeness (QED) is 0.204. The highest BCUT2D eigenvalue weighted by atomic mass is 19.4. The van der Waals surface area contributed by atoms with Crippen molar-refractivity contribution in [3.63, 3.8) is 0 Å². The van der Waals surface area contributed by atoms with Gasteiger partial charge < -0.3 is 14.8 Å². The molecule has 42 heavy (non-hydrogen) atoms. The van der Waals surface area contributed by atoms with Crippen molar-refractivity contribution in [3.05, 3.63) is 119 Å². The fraction of sp³-hybridized carbons (Fsp3) is 0.235. The number of alkyl halides is 3. The monoisotopic (exact) mass is 569 g/mol. The highest BCUT2D eigenvalue weighted by molar-refractivity contribution is 6.08. The number of benzene rings is 4. The van der Waals surface area contributed by atoms with Crippen LogP contribution in [0.2, 0.25) is 0 Å². The Morgan fingerprint density at radius 1 is 0.833 bits per heavy atom. The Bertz CT molecular complexity index is 1730. The third-order valence-corrected chi connectivity index (χ3v) is 7.91. The minimum Gasteiger partial charge on any atom is -0.361 e. The van der Waals surface area contributed by atoms with Crippen molar-refractivity contribution < 1.29 is 22.8 Å². The van der Waals surface area contributed by atoms with Gasteiger partial charge in [0.2, 0.25) is 5.91 Å². The van der Waals surface area contributed by atoms with Gasteiger partial charge in [-0.15, -0.1) is 0 Å². The minimum atomic E-state index is -4.43. The number of carbonyl (C=O) groups excluding carboxylic acids is 2. The number of hydrogen-bond acceptors (Lipinski definition) is 2. The summed E-state index contributed by atoms with van der Waals surface area (Å²) in [5, 5.41) is 2.85. The smallest absolute Gasteiger partial charge is 0.361 e. The fourth-order valence-corrected chi connectivity index (χ4v) is 5.47. The van der Waals surface area contributed by atoms with Crippen LogP contribution in [0.25, 0.3) is 21.7 Å². The SMILES string of the molecule is O=C(CN(C(=O)c1cccc2ccccc12)C1CC1)N(CCc1c[nH]c2ccccc12)Cc1ccc(C(F)(F)F)cc1. The number of aromatic amines is 1. The number of H-pyrrole nitrogens is 1. The van der Waals surface area contributed by atoms with E-state index in [0.29, 0.717) is 24.1 Å². The van der Waals surface area contributed by atoms with E-state index >= 15 is 0 Å². The number of aromatic nitrogens is 1. The summed E-state index contributed by atoms with van der Waals surface area (Å²) >= 11 is 0. The molecule has 2 amide bonds. The van der Waals surface area contributed by atoms with Crippen LogP contribution >= 0.6 is 0 Å². The van der Waals surface area contributed by atoms with Gasteiger partial charge in [0.25, 0.3) is 5.91 Å². The maximum atomic E-state index is 13.9. The summed E-state index contributed by atoms with van der Waals surface area (Å²) in [5.41, 5.74) is 2.45. The van der Waals surface area contributed by atoms with Crippen LogP contribution in [0.3, 0.4) is 0 Å². The second-order valence-electron chi connectivity index (χ2n) is 10.8. The Balaban J connectivity index is 1.25. The van der Waals surface area contributed by atoms with Gasteiger partial charge in [-0.2, -0.15) is 13.2 Å². The van der Waals surface area contributed by atoms with E-state index in [-0.39, 0.29) is 30.9 Å². The van der Waals surface area contributed by atoms with Gasteiger partial charge in [-0.25, -0.2) is 0 Å². The number of carbonyl (C=O) groups is 2. The first-order valence-electron chi connectivity index (χ1n) is 14.1. The van der Waals surface area contributed by atoms with Crippen molar-refractivity contribution in [2.45, 2.75) is 38.0 Å². The molecular formula is C34H30F3N3O2. The number of para-hydroxylation sites is 1. The van der Waals surface area contributed by atoms with Gasteiger partial charge in [-0.3, -0.25) is 9.59 Å². The zero-order chi connectivity index (χ0) is 29.3. The summed E-state index contributed by atoms with van der Waals surface area (Å²) in [4.78, 5) is 34.3. The molecule has 5 aromatic rings. The Morgan fingerprint density at radius 2 is 1.52 bits per heavy atom. The molecule has 1 fully saturated rings. The van der Waals surface area contributed by atoms with E-state index in [9.17, 15) is 22.8 Å². The number of rotatable bonds is 9. The first-order valence-corrected chi connectivity index (χ1v) is 14.1. The van der Waals surface area contributed by atoms with Crippen molar-refractivity contribution in [1.29, 1.82) is 0 Å². The summed E-state index contributed by atoms with van der Waals surface area (Å²) in [6, 6.07) is 26.1. The molecule has 5 nitrogen and oxygen atoms in total. The normalized spacial score (nSPS) is 13.4. The molecule has 0 bridgehead atoms. The zero-order valence-corrected chi connectivity index (χ0v) is 22.9. The molecule has 1 heterocycles. The molecular weight excluding hydrogens is 539 g/mol. The molecule has 0 saturated heterocycles. The van der Waals surface area contributed by atoms with Crippen molar-refractivity contribution in [2.24, 2.45) is 0 Å². The Hall–Kier alpha value is -4.59. The molecule has 1 N–H and O–H groups in total. The average molecular weight is 570 g/mol. The molecule has 6 rings (SSSR count). The molecule has 0 atom stereocenters. The van der Waals surface area contributed by atoms with Crippen LogP contribution in [-0.4, -0.2) is 45.7 Å². The number of nitrogens with one attached hydrogen (secondary N) is 1. The van der Waals surface area contributed by atoms with Crippen LogP contribution in [0, 0.1) is 0 Å². The summed E-state index contributed by atoms with van der Waals surface area (Å²) in [5.74, 6) is -0.427. The summed E-state index contributed by atoms with van der Waals surface area (Å²) in [6.45, 7) is 0.393. The van der Waals surface area contributed by atoms with Crippen molar-refractivity contribution >= 4 is 33.5 Å². The standard InChI is InChI=1S/C34H30F3N3O2/c35-34(36,37)26-14-12-23(13-15-26)21-39(19-18-25-20-38-31-11-4-3-9-29(25)31)32(41)22-40(27-16-17-27)33(42)30-10-5-7-24-6-1-2-8-28(24)30/h1-15,20,27,38H,16-19,21-22H2. The summed E-state index contributed by atoms with van der Waals surface area (Å²) in [6.07, 6.45) is -0.296. The average Bonchev–Trinajstić information content (AvgIpc) is 3.76. The summed E-state index contributed by atoms with van der Waals surface area (Å²) < 4.78 is 39.4. The fourth-order valence-electron chi connectivity index (χ4n) is 5.47. The van der Waals surface area contributed by atoms with E-state index in [1.165, 1.54) is 12.1 Å². The lowest BCUT2D eigenvalue weighted by atomic mass is 10.0. The van der Waals surface area contributed by atoms with E-state index < -0.39 is 11.7 Å². The van der Waals surface area contributed by atoms with Crippen LogP contribution in [-0.2, 0) is 23.9 Å². The zero-order valence-electron chi connectivity index (χ0n) is 22.9. The van der Waals surface area contributed by atoms with Gasteiger partial charge in [0, 0.05) is 41.8 Å². The van der Waals surface area contributed by atoms with E-state index in [4.69, 9.17) is 0 Å². The van der Waals surface area contributed by atoms with Gasteiger partial charge in [-0.1, -0.05) is 66.7 Å². The van der Waals surface area contributed by atoms with Crippen LogP contribution in [0.15, 0.2) is 97.2 Å². The molecule has 0 radical (unpaired) electrons. The number of amides is 2. The van der Waals surface area contributed by atoms with Crippen LogP contribution < -0.4 is 0 Å². The lowest BCUT2D eigenvalue weighted by Gasteiger charge is -2.28. The predicted octanol–water partition coefficient (Wildman–Crippen LogP) is 7.22. The Kier molecular flexibility index (Phi) is 7.45. The Morgan fingerprint density at radius 3 is 2.26 bits per heavy atom. The second-order valence-corrected chi connectivity index (χ2v) is 10.8. The van der Waals surface area contributed by atoms with E-state index in [2.05, 4.69) is 4.98 Å². The molecule has 1 aliphatic rings. The van der Waals surface area contributed by atoms with Gasteiger partial charge in [0.05, 0.1) is 5.56 Å². The highest BCUT2D eigenvalue weighted by Crippen LogP contribution is 2.31. The maximum Gasteiger partial charge on any atom is 0.416 e. The predicted molar refractivity (Wildman–Crippen MR) is 157 cm³/mol. The highest BCUT2D eigenvalue weighted by Gasteiger charge is 2.36. The molecule has 0 aliphatic heterocycles. The molecule has 214 valence electrons. The van der Waals surface area contributed by atoms with E-state index in [1.807, 2.05) is 66.9 Å². The molecule has 0 unspecified atom stereocenters. The van der Waals surface area contributed by atoms with E-state index in [1.54, 1.807) is 15.9 Å². The molecule has 4 aromatic carbocycles.